The standard InChI is InChI=1S/C23H21N9O4/c1-13-9-17(33)27-22(25-13)32-16(10-15(28-32)14-7-5-4-6-8-14)26-18(34)11-31-12-24-20-19(31)21(35)30(3)23(36)29(20)2/h4-10,12H,11H2,1-3H3,(H,26,34)(H,25,27,33). The van der Waals surface area contributed by atoms with Gasteiger partial charge >= 0.3 is 5.69 Å². The summed E-state index contributed by atoms with van der Waals surface area (Å²) in [6.45, 7) is 1.42. The number of nitrogens with zero attached hydrogens (tertiary/aromatic N) is 7. The van der Waals surface area contributed by atoms with Gasteiger partial charge in [-0.05, 0) is 6.92 Å². The van der Waals surface area contributed by atoms with Crippen LogP contribution < -0.4 is 22.1 Å². The smallest absolute Gasteiger partial charge is 0.315 e. The number of anilines is 1. The Labute approximate surface area is 202 Å². The van der Waals surface area contributed by atoms with E-state index in [0.717, 1.165) is 10.1 Å². The zero-order valence-electron chi connectivity index (χ0n) is 19.6. The van der Waals surface area contributed by atoms with E-state index < -0.39 is 17.2 Å². The normalized spacial score (nSPS) is 11.2. The molecular weight excluding hydrogens is 466 g/mol. The first-order chi connectivity index (χ1) is 17.2. The number of rotatable bonds is 5. The van der Waals surface area contributed by atoms with E-state index in [4.69, 9.17) is 0 Å². The minimum absolute atomic E-state index is 0.123. The van der Waals surface area contributed by atoms with Crippen LogP contribution in [0.15, 0.2) is 63.2 Å². The Morgan fingerprint density at radius 1 is 1.06 bits per heavy atom. The van der Waals surface area contributed by atoms with Gasteiger partial charge in [-0.15, -0.1) is 0 Å². The third kappa shape index (κ3) is 3.91. The van der Waals surface area contributed by atoms with Crippen LogP contribution in [0.4, 0.5) is 5.82 Å². The van der Waals surface area contributed by atoms with Gasteiger partial charge in [0.2, 0.25) is 11.9 Å². The highest BCUT2D eigenvalue weighted by molar-refractivity contribution is 5.91. The maximum absolute atomic E-state index is 13.1. The minimum atomic E-state index is -0.559. The van der Waals surface area contributed by atoms with Crippen LogP contribution in [0.5, 0.6) is 0 Å². The fourth-order valence-electron chi connectivity index (χ4n) is 3.90. The Bertz CT molecular complexity index is 1810. The summed E-state index contributed by atoms with van der Waals surface area (Å²) in [5, 5.41) is 7.31. The molecule has 0 spiro atoms. The van der Waals surface area contributed by atoms with Crippen molar-refractivity contribution in [3.8, 4) is 17.2 Å². The van der Waals surface area contributed by atoms with E-state index in [9.17, 15) is 19.2 Å². The molecule has 0 saturated carbocycles. The van der Waals surface area contributed by atoms with Crippen LogP contribution in [0.2, 0.25) is 0 Å². The number of carbonyl (C=O) groups excluding carboxylic acids is 1. The number of benzene rings is 1. The van der Waals surface area contributed by atoms with Gasteiger partial charge in [0.1, 0.15) is 12.4 Å². The fourth-order valence-corrected chi connectivity index (χ4v) is 3.90. The summed E-state index contributed by atoms with van der Waals surface area (Å²) in [4.78, 5) is 61.1. The second-order valence-corrected chi connectivity index (χ2v) is 8.20. The molecule has 182 valence electrons. The van der Waals surface area contributed by atoms with Crippen molar-refractivity contribution in [3.63, 3.8) is 0 Å². The zero-order valence-corrected chi connectivity index (χ0v) is 19.6. The molecule has 36 heavy (non-hydrogen) atoms. The van der Waals surface area contributed by atoms with Crippen LogP contribution in [0.25, 0.3) is 28.4 Å². The molecule has 2 N–H and O–H groups in total. The summed E-state index contributed by atoms with van der Waals surface area (Å²) in [7, 11) is 2.86. The summed E-state index contributed by atoms with van der Waals surface area (Å²) >= 11 is 0. The van der Waals surface area contributed by atoms with Gasteiger partial charge in [0.05, 0.1) is 12.0 Å². The quantitative estimate of drug-likeness (QED) is 0.362. The second kappa shape index (κ2) is 8.61. The highest BCUT2D eigenvalue weighted by atomic mass is 16.2. The summed E-state index contributed by atoms with van der Waals surface area (Å²) in [6.07, 6.45) is 1.33. The lowest BCUT2D eigenvalue weighted by Gasteiger charge is -2.09. The van der Waals surface area contributed by atoms with Crippen LogP contribution in [-0.4, -0.2) is 44.3 Å². The van der Waals surface area contributed by atoms with E-state index in [1.807, 2.05) is 30.3 Å². The highest BCUT2D eigenvalue weighted by Gasteiger charge is 2.19. The molecule has 1 amide bonds. The Morgan fingerprint density at radius 2 is 1.81 bits per heavy atom. The Hall–Kier alpha value is -5.07. The van der Waals surface area contributed by atoms with Crippen LogP contribution in [0.1, 0.15) is 5.69 Å². The number of carbonyl (C=O) groups is 1. The van der Waals surface area contributed by atoms with Gasteiger partial charge in [-0.2, -0.15) is 9.78 Å². The molecule has 4 aromatic heterocycles. The number of hydrogen-bond donors (Lipinski definition) is 2. The number of nitrogens with one attached hydrogen (secondary N) is 2. The van der Waals surface area contributed by atoms with Crippen LogP contribution >= 0.6 is 0 Å². The first-order valence-corrected chi connectivity index (χ1v) is 10.9. The summed E-state index contributed by atoms with van der Waals surface area (Å²) < 4.78 is 4.91. The molecular formula is C23H21N9O4. The van der Waals surface area contributed by atoms with E-state index in [1.165, 1.54) is 40.3 Å². The highest BCUT2D eigenvalue weighted by Crippen LogP contribution is 2.23. The van der Waals surface area contributed by atoms with Crippen molar-refractivity contribution in [2.45, 2.75) is 13.5 Å². The molecule has 5 aromatic rings. The van der Waals surface area contributed by atoms with Gasteiger partial charge in [0.15, 0.2) is 11.2 Å². The zero-order chi connectivity index (χ0) is 25.6. The van der Waals surface area contributed by atoms with Gasteiger partial charge in [0, 0.05) is 37.5 Å². The van der Waals surface area contributed by atoms with Crippen LogP contribution in [-0.2, 0) is 25.4 Å². The maximum atomic E-state index is 13.1. The molecule has 4 heterocycles. The van der Waals surface area contributed by atoms with Crippen molar-refractivity contribution in [1.82, 2.24) is 38.4 Å². The van der Waals surface area contributed by atoms with Crippen molar-refractivity contribution in [2.24, 2.45) is 14.1 Å². The molecule has 0 aliphatic carbocycles. The second-order valence-electron chi connectivity index (χ2n) is 8.20. The van der Waals surface area contributed by atoms with E-state index in [2.05, 4.69) is 25.4 Å². The number of H-pyrrole nitrogens is 1. The summed E-state index contributed by atoms with van der Waals surface area (Å²) in [5.74, 6) is -0.0901. The number of aromatic nitrogens is 8. The van der Waals surface area contributed by atoms with Gasteiger partial charge < -0.3 is 9.88 Å². The lowest BCUT2D eigenvalue weighted by molar-refractivity contribution is -0.116. The molecule has 0 bridgehead atoms. The SMILES string of the molecule is Cc1cc(=O)[nH]c(-n2nc(-c3ccccc3)cc2NC(=O)Cn2cnc3c2c(=O)n(C)c(=O)n3C)n1. The monoisotopic (exact) mass is 487 g/mol. The lowest BCUT2D eigenvalue weighted by Crippen LogP contribution is -2.37. The predicted octanol–water partition coefficient (Wildman–Crippen LogP) is 0.317. The Kier molecular flexibility index (Phi) is 5.43. The molecule has 0 unspecified atom stereocenters. The molecule has 0 aliphatic rings. The fraction of sp³-hybridized carbons (Fsp3) is 0.174. The van der Waals surface area contributed by atoms with E-state index in [-0.39, 0.29) is 35.0 Å². The van der Waals surface area contributed by atoms with Crippen molar-refractivity contribution in [2.75, 3.05) is 5.32 Å². The third-order valence-electron chi connectivity index (χ3n) is 5.64. The van der Waals surface area contributed by atoms with Gasteiger partial charge in [0.25, 0.3) is 11.1 Å². The maximum Gasteiger partial charge on any atom is 0.332 e. The van der Waals surface area contributed by atoms with Crippen molar-refractivity contribution in [3.05, 3.63) is 85.7 Å². The van der Waals surface area contributed by atoms with E-state index in [1.54, 1.807) is 13.0 Å². The van der Waals surface area contributed by atoms with Crippen LogP contribution in [0.3, 0.4) is 0 Å². The van der Waals surface area contributed by atoms with Crippen LogP contribution in [0, 0.1) is 6.92 Å². The molecule has 0 fully saturated rings. The van der Waals surface area contributed by atoms with Crippen molar-refractivity contribution in [1.29, 1.82) is 0 Å². The lowest BCUT2D eigenvalue weighted by atomic mass is 10.2. The molecule has 0 aliphatic heterocycles. The molecule has 0 saturated heterocycles. The molecule has 13 heteroatoms. The van der Waals surface area contributed by atoms with Gasteiger partial charge in [-0.1, -0.05) is 30.3 Å². The van der Waals surface area contributed by atoms with Crippen molar-refractivity contribution >= 4 is 22.9 Å². The molecule has 0 atom stereocenters. The van der Waals surface area contributed by atoms with Gasteiger partial charge in [-0.25, -0.2) is 14.8 Å². The van der Waals surface area contributed by atoms with Crippen molar-refractivity contribution < 1.29 is 4.79 Å². The largest absolute Gasteiger partial charge is 0.332 e. The van der Waals surface area contributed by atoms with Gasteiger partial charge in [-0.3, -0.25) is 28.5 Å². The molecule has 0 radical (unpaired) electrons. The number of imidazole rings is 1. The summed E-state index contributed by atoms with van der Waals surface area (Å²) in [6, 6.07) is 12.3. The predicted molar refractivity (Wildman–Crippen MR) is 131 cm³/mol. The molecule has 1 aromatic carbocycles. The number of aromatic amines is 1. The number of aryl methyl sites for hydroxylation is 2. The Balaban J connectivity index is 1.54. The first-order valence-electron chi connectivity index (χ1n) is 10.9. The Morgan fingerprint density at radius 3 is 2.53 bits per heavy atom. The minimum Gasteiger partial charge on any atom is -0.315 e. The average molecular weight is 487 g/mol. The van der Waals surface area contributed by atoms with E-state index >= 15 is 0 Å². The summed E-state index contributed by atoms with van der Waals surface area (Å²) in [5.41, 5.74) is 0.688. The number of fused-ring (bicyclic) bond motifs is 1. The molecule has 5 rings (SSSR count). The first kappa shape index (κ1) is 22.7. The van der Waals surface area contributed by atoms with E-state index in [0.29, 0.717) is 11.4 Å². The molecule has 13 nitrogen and oxygen atoms in total. The number of amides is 1. The third-order valence-corrected chi connectivity index (χ3v) is 5.64. The topological polar surface area (TPSA) is 154 Å². The number of hydrogen-bond acceptors (Lipinski definition) is 7. The average Bonchev–Trinajstić information content (AvgIpc) is 3.46.